The summed E-state index contributed by atoms with van der Waals surface area (Å²) in [6.45, 7) is 12.0. The second-order valence-corrected chi connectivity index (χ2v) is 6.97. The highest BCUT2D eigenvalue weighted by Crippen LogP contribution is 2.39. The Balaban J connectivity index is 0. The van der Waals surface area contributed by atoms with Gasteiger partial charge in [0.15, 0.2) is 14.7 Å². The van der Waals surface area contributed by atoms with Crippen molar-refractivity contribution in [3.8, 4) is 0 Å². The predicted octanol–water partition coefficient (Wildman–Crippen LogP) is 9.04. The molecule has 4 rings (SSSR count). The van der Waals surface area contributed by atoms with Crippen LogP contribution in [-0.2, 0) is 17.3 Å². The van der Waals surface area contributed by atoms with Crippen LogP contribution in [0.25, 0.3) is 0 Å². The maximum absolute atomic E-state index is 5.75. The zero-order chi connectivity index (χ0) is 21.4. The third kappa shape index (κ3) is 6.56. The zero-order valence-corrected chi connectivity index (χ0v) is 18.9. The number of hydrogen-bond acceptors (Lipinski definition) is 0. The third-order valence-electron chi connectivity index (χ3n) is 3.74. The molecule has 28 heavy (non-hydrogen) atoms. The normalized spacial score (nSPS) is 10.6. The molecule has 0 nitrogen and oxygen atoms in total. The SMILES string of the molecule is C.CC.CC.CC.[2H]C.c1ccc([S+]2c3ccccc3Cc3ccccc32)cc1. The highest BCUT2D eigenvalue weighted by molar-refractivity contribution is 7.97. The lowest BCUT2D eigenvalue weighted by Gasteiger charge is -2.19. The van der Waals surface area contributed by atoms with Gasteiger partial charge >= 0.3 is 0 Å². The Labute approximate surface area is 179 Å². The van der Waals surface area contributed by atoms with E-state index in [9.17, 15) is 0 Å². The number of hydrogen-bond donors (Lipinski definition) is 0. The lowest BCUT2D eigenvalue weighted by molar-refractivity contribution is 1.04. The first kappa shape index (κ1) is 26.0. The molecule has 3 aromatic carbocycles. The molecule has 0 radical (unpaired) electrons. The summed E-state index contributed by atoms with van der Waals surface area (Å²) < 4.78 is 5.75. The Morgan fingerprint density at radius 2 is 0.929 bits per heavy atom. The van der Waals surface area contributed by atoms with E-state index in [1.807, 2.05) is 41.5 Å². The summed E-state index contributed by atoms with van der Waals surface area (Å²) >= 11 is 0. The maximum Gasteiger partial charge on any atom is 0.170 e. The first-order chi connectivity index (χ1) is 13.9. The molecule has 1 heterocycles. The van der Waals surface area contributed by atoms with Crippen molar-refractivity contribution >= 4 is 10.9 Å². The summed E-state index contributed by atoms with van der Waals surface area (Å²) in [6.07, 6.45) is 1.06. The van der Waals surface area contributed by atoms with Crippen LogP contribution < -0.4 is 0 Å². The van der Waals surface area contributed by atoms with Crippen molar-refractivity contribution in [3.63, 3.8) is 0 Å². The van der Waals surface area contributed by atoms with Gasteiger partial charge in [-0.1, -0.05) is 111 Å². The van der Waals surface area contributed by atoms with E-state index in [-0.39, 0.29) is 18.3 Å². The molecule has 0 aromatic heterocycles. The molecule has 1 heteroatoms. The van der Waals surface area contributed by atoms with E-state index in [1.54, 1.807) is 0 Å². The smallest absolute Gasteiger partial charge is 0.0776 e. The van der Waals surface area contributed by atoms with Gasteiger partial charge < -0.3 is 0 Å². The van der Waals surface area contributed by atoms with E-state index in [4.69, 9.17) is 1.37 Å². The topological polar surface area (TPSA) is 0 Å². The predicted molar refractivity (Wildman–Crippen MR) is 132 cm³/mol. The molecule has 0 bridgehead atoms. The van der Waals surface area contributed by atoms with Crippen LogP contribution in [0, 0.1) is 0 Å². The second kappa shape index (κ2) is 16.0. The largest absolute Gasteiger partial charge is 0.170 e. The van der Waals surface area contributed by atoms with E-state index in [2.05, 4.69) is 78.9 Å². The summed E-state index contributed by atoms with van der Waals surface area (Å²) in [7, 11) is 1.29. The molecule has 3 aromatic rings. The molecule has 0 spiro atoms. The molecule has 0 unspecified atom stereocenters. The molecular formula is C27H41S+. The minimum absolute atomic E-state index is 0. The van der Waals surface area contributed by atoms with E-state index in [0.29, 0.717) is 0 Å². The Morgan fingerprint density at radius 3 is 1.36 bits per heavy atom. The third-order valence-corrected chi connectivity index (χ3v) is 6.16. The van der Waals surface area contributed by atoms with Gasteiger partial charge in [-0.05, 0) is 24.3 Å². The minimum atomic E-state index is 0. The fraction of sp³-hybridized carbons (Fsp3) is 0.333. The molecule has 0 saturated carbocycles. The maximum atomic E-state index is 5.75. The average Bonchev–Trinajstić information content (AvgIpc) is 2.83. The first-order valence-electron chi connectivity index (χ1n) is 10.9. The van der Waals surface area contributed by atoms with Gasteiger partial charge in [-0.3, -0.25) is 0 Å². The van der Waals surface area contributed by atoms with Crippen molar-refractivity contribution in [1.82, 2.24) is 0 Å². The monoisotopic (exact) mass is 398 g/mol. The summed E-state index contributed by atoms with van der Waals surface area (Å²) in [4.78, 5) is 4.38. The minimum Gasteiger partial charge on any atom is -0.0776 e. The van der Waals surface area contributed by atoms with E-state index >= 15 is 0 Å². The van der Waals surface area contributed by atoms with Gasteiger partial charge in [0.05, 0.1) is 10.9 Å². The summed E-state index contributed by atoms with van der Waals surface area (Å²) in [6, 6.07) is 28.6. The Bertz CT molecular complexity index is 708. The van der Waals surface area contributed by atoms with Gasteiger partial charge in [0, 0.05) is 18.9 Å². The van der Waals surface area contributed by atoms with Crippen molar-refractivity contribution in [2.45, 2.75) is 77.5 Å². The van der Waals surface area contributed by atoms with Crippen molar-refractivity contribution in [3.05, 3.63) is 90.0 Å². The average molecular weight is 399 g/mol. The van der Waals surface area contributed by atoms with Crippen LogP contribution in [0.4, 0.5) is 0 Å². The lowest BCUT2D eigenvalue weighted by atomic mass is 10.0. The molecular weight excluding hydrogens is 356 g/mol. The van der Waals surface area contributed by atoms with Crippen LogP contribution >= 0.6 is 0 Å². The highest BCUT2D eigenvalue weighted by atomic mass is 32.2. The lowest BCUT2D eigenvalue weighted by Crippen LogP contribution is -2.15. The van der Waals surface area contributed by atoms with Gasteiger partial charge in [-0.2, -0.15) is 0 Å². The van der Waals surface area contributed by atoms with Crippen molar-refractivity contribution in [1.29, 1.82) is 0 Å². The molecule has 0 aliphatic carbocycles. The van der Waals surface area contributed by atoms with Gasteiger partial charge in [-0.15, -0.1) is 0 Å². The quantitative estimate of drug-likeness (QED) is 0.280. The Hall–Kier alpha value is -1.99. The van der Waals surface area contributed by atoms with Gasteiger partial charge in [-0.25, -0.2) is 0 Å². The molecule has 0 saturated heterocycles. The zero-order valence-electron chi connectivity index (χ0n) is 19.1. The second-order valence-electron chi connectivity index (χ2n) is 5.01. The summed E-state index contributed by atoms with van der Waals surface area (Å²) in [5.74, 6) is 0. The van der Waals surface area contributed by atoms with Gasteiger partial charge in [0.25, 0.3) is 0 Å². The van der Waals surface area contributed by atoms with E-state index in [1.165, 1.54) is 33.2 Å². The van der Waals surface area contributed by atoms with Crippen molar-refractivity contribution in [2.75, 3.05) is 0 Å². The fourth-order valence-corrected chi connectivity index (χ4v) is 5.24. The van der Waals surface area contributed by atoms with Crippen LogP contribution in [0.5, 0.6) is 0 Å². The van der Waals surface area contributed by atoms with Gasteiger partial charge in [0.1, 0.15) is 0 Å². The molecule has 0 amide bonds. The van der Waals surface area contributed by atoms with Crippen LogP contribution in [0.3, 0.4) is 0 Å². The van der Waals surface area contributed by atoms with Crippen LogP contribution in [-0.4, -0.2) is 0 Å². The molecule has 0 N–H and O–H groups in total. The Kier molecular flexibility index (Phi) is 14.9. The summed E-state index contributed by atoms with van der Waals surface area (Å²) in [5.41, 5.74) is 2.94. The van der Waals surface area contributed by atoms with Crippen LogP contribution in [0.15, 0.2) is 93.5 Å². The summed E-state index contributed by atoms with van der Waals surface area (Å²) in [5, 5.41) is 0. The standard InChI is InChI=1S/C19H15S.3C2H6.2CH4/c1-2-10-17(11-3-1)20-18-12-6-4-8-15(18)14-16-9-5-7-13-19(16)20;3*1-2;;/h1-13H,14H2;3*1-2H3;2*1H4/q+1;;;;;/i;;;;1D;. The van der Waals surface area contributed by atoms with E-state index in [0.717, 1.165) is 6.42 Å². The highest BCUT2D eigenvalue weighted by Gasteiger charge is 2.36. The van der Waals surface area contributed by atoms with Crippen molar-refractivity contribution < 1.29 is 1.37 Å². The fourth-order valence-electron chi connectivity index (χ4n) is 2.83. The number of benzene rings is 3. The van der Waals surface area contributed by atoms with E-state index < -0.39 is 0 Å². The molecule has 0 fully saturated rings. The van der Waals surface area contributed by atoms with Crippen LogP contribution in [0.2, 0.25) is 0 Å². The molecule has 0 atom stereocenters. The molecule has 1 aliphatic rings. The Morgan fingerprint density at radius 1 is 0.571 bits per heavy atom. The van der Waals surface area contributed by atoms with Crippen molar-refractivity contribution in [2.24, 2.45) is 0 Å². The molecule has 1 aliphatic heterocycles. The molecule has 154 valence electrons. The number of fused-ring (bicyclic) bond motifs is 2. The van der Waals surface area contributed by atoms with Gasteiger partial charge in [0.2, 0.25) is 0 Å². The first-order valence-corrected chi connectivity index (χ1v) is 11.1. The van der Waals surface area contributed by atoms with Crippen LogP contribution in [0.1, 0.15) is 68.9 Å². The number of rotatable bonds is 1.